The fourth-order valence-corrected chi connectivity index (χ4v) is 4.47. The molecule has 6 heteroatoms. The molecule has 0 saturated heterocycles. The van der Waals surface area contributed by atoms with Gasteiger partial charge in [-0.2, -0.15) is 0 Å². The van der Waals surface area contributed by atoms with Crippen LogP contribution >= 0.6 is 11.3 Å². The average molecular weight is 412 g/mol. The molecule has 0 aliphatic rings. The van der Waals surface area contributed by atoms with Crippen molar-refractivity contribution in [3.8, 4) is 22.6 Å². The second kappa shape index (κ2) is 8.47. The van der Waals surface area contributed by atoms with E-state index in [-0.39, 0.29) is 0 Å². The van der Waals surface area contributed by atoms with Gasteiger partial charge in [0.1, 0.15) is 5.82 Å². The molecular weight excluding hydrogens is 390 g/mol. The van der Waals surface area contributed by atoms with Crippen LogP contribution in [0.4, 0.5) is 5.82 Å². The Morgan fingerprint density at radius 2 is 1.80 bits per heavy atom. The Morgan fingerprint density at radius 1 is 0.933 bits per heavy atom. The first-order valence-electron chi connectivity index (χ1n) is 10.00. The number of aromatic nitrogens is 4. The summed E-state index contributed by atoms with van der Waals surface area (Å²) in [5.41, 5.74) is 5.45. The minimum Gasteiger partial charge on any atom is -0.369 e. The number of nitrogens with zero attached hydrogens (tertiary/aromatic N) is 3. The Morgan fingerprint density at radius 3 is 2.60 bits per heavy atom. The molecule has 4 aromatic heterocycles. The minimum absolute atomic E-state index is 0.710. The lowest BCUT2D eigenvalue weighted by molar-refractivity contribution is 0.860. The monoisotopic (exact) mass is 411 g/mol. The zero-order valence-corrected chi connectivity index (χ0v) is 17.2. The van der Waals surface area contributed by atoms with Gasteiger partial charge in [0.15, 0.2) is 5.82 Å². The van der Waals surface area contributed by atoms with E-state index in [0.29, 0.717) is 5.82 Å². The summed E-state index contributed by atoms with van der Waals surface area (Å²) >= 11 is 1.68. The maximum atomic E-state index is 4.91. The van der Waals surface area contributed by atoms with E-state index in [1.807, 2.05) is 24.4 Å². The van der Waals surface area contributed by atoms with E-state index in [9.17, 15) is 0 Å². The Hall–Kier alpha value is -3.51. The van der Waals surface area contributed by atoms with Crippen LogP contribution < -0.4 is 5.32 Å². The van der Waals surface area contributed by atoms with Crippen molar-refractivity contribution in [1.29, 1.82) is 0 Å². The van der Waals surface area contributed by atoms with Gasteiger partial charge in [0.25, 0.3) is 0 Å². The van der Waals surface area contributed by atoms with E-state index in [1.165, 1.54) is 5.56 Å². The molecule has 0 spiro atoms. The first-order chi connectivity index (χ1) is 14.9. The highest BCUT2D eigenvalue weighted by Crippen LogP contribution is 2.36. The number of pyridine rings is 1. The molecule has 0 atom stereocenters. The third-order valence-corrected chi connectivity index (χ3v) is 6.00. The molecule has 5 aromatic rings. The molecule has 148 valence electrons. The van der Waals surface area contributed by atoms with Gasteiger partial charge in [0.2, 0.25) is 0 Å². The highest BCUT2D eigenvalue weighted by Gasteiger charge is 2.16. The van der Waals surface area contributed by atoms with Gasteiger partial charge >= 0.3 is 0 Å². The van der Waals surface area contributed by atoms with Crippen molar-refractivity contribution in [1.82, 2.24) is 19.9 Å². The molecule has 2 N–H and O–H groups in total. The summed E-state index contributed by atoms with van der Waals surface area (Å²) in [4.78, 5) is 17.2. The Bertz CT molecular complexity index is 1230. The van der Waals surface area contributed by atoms with Crippen LogP contribution in [-0.4, -0.2) is 26.5 Å². The lowest BCUT2D eigenvalue weighted by Crippen LogP contribution is -2.06. The third-order valence-electron chi connectivity index (χ3n) is 5.02. The van der Waals surface area contributed by atoms with E-state index >= 15 is 0 Å². The number of H-pyrrole nitrogens is 1. The molecule has 5 rings (SSSR count). The van der Waals surface area contributed by atoms with Gasteiger partial charge in [-0.15, -0.1) is 11.3 Å². The molecule has 4 heterocycles. The smallest absolute Gasteiger partial charge is 0.162 e. The molecule has 0 aliphatic carbocycles. The number of anilines is 1. The van der Waals surface area contributed by atoms with Crippen molar-refractivity contribution in [2.45, 2.75) is 12.8 Å². The number of aromatic amines is 1. The highest BCUT2D eigenvalue weighted by molar-refractivity contribution is 7.18. The third kappa shape index (κ3) is 3.82. The van der Waals surface area contributed by atoms with Gasteiger partial charge in [0, 0.05) is 47.3 Å². The summed E-state index contributed by atoms with van der Waals surface area (Å²) < 4.78 is 1.08. The van der Waals surface area contributed by atoms with Crippen LogP contribution in [0, 0.1) is 0 Å². The molecule has 0 aliphatic heterocycles. The fraction of sp³-hybridized carbons (Fsp3) is 0.125. The Labute approximate surface area is 178 Å². The molecule has 0 bridgehead atoms. The summed E-state index contributed by atoms with van der Waals surface area (Å²) in [5.74, 6) is 1.60. The van der Waals surface area contributed by atoms with Gasteiger partial charge in [-0.1, -0.05) is 30.3 Å². The minimum atomic E-state index is 0.710. The van der Waals surface area contributed by atoms with E-state index < -0.39 is 0 Å². The van der Waals surface area contributed by atoms with Crippen LogP contribution in [0.1, 0.15) is 12.0 Å². The summed E-state index contributed by atoms with van der Waals surface area (Å²) in [6, 6.07) is 18.5. The molecule has 30 heavy (non-hydrogen) atoms. The number of hydrogen-bond acceptors (Lipinski definition) is 5. The van der Waals surface area contributed by atoms with E-state index in [4.69, 9.17) is 9.97 Å². The second-order valence-electron chi connectivity index (χ2n) is 7.06. The molecular formula is C24H21N5S. The van der Waals surface area contributed by atoms with Crippen LogP contribution in [0.2, 0.25) is 0 Å². The summed E-state index contributed by atoms with van der Waals surface area (Å²) in [7, 11) is 0. The fourth-order valence-electron chi connectivity index (χ4n) is 3.50. The number of hydrogen-bond donors (Lipinski definition) is 2. The van der Waals surface area contributed by atoms with E-state index in [0.717, 1.165) is 52.2 Å². The number of aryl methyl sites for hydroxylation is 1. The average Bonchev–Trinajstić information content (AvgIpc) is 3.47. The molecule has 0 amide bonds. The van der Waals surface area contributed by atoms with Crippen LogP contribution in [0.15, 0.2) is 78.6 Å². The van der Waals surface area contributed by atoms with Crippen molar-refractivity contribution in [2.75, 3.05) is 11.9 Å². The SMILES string of the molecule is c1ccc(CCCNc2nc(-c3ccncc3)nc3c(-c4ccc[nH]4)csc23)cc1. The molecule has 5 nitrogen and oxygen atoms in total. The topological polar surface area (TPSA) is 66.5 Å². The number of fused-ring (bicyclic) bond motifs is 1. The van der Waals surface area contributed by atoms with E-state index in [1.54, 1.807) is 23.7 Å². The quantitative estimate of drug-likeness (QED) is 0.333. The molecule has 0 saturated carbocycles. The zero-order chi connectivity index (χ0) is 20.2. The largest absolute Gasteiger partial charge is 0.369 e. The maximum absolute atomic E-state index is 4.91. The number of benzene rings is 1. The normalized spacial score (nSPS) is 11.1. The van der Waals surface area contributed by atoms with Crippen molar-refractivity contribution in [2.24, 2.45) is 0 Å². The first-order valence-corrected chi connectivity index (χ1v) is 10.9. The van der Waals surface area contributed by atoms with Crippen LogP contribution in [0.3, 0.4) is 0 Å². The van der Waals surface area contributed by atoms with Gasteiger partial charge < -0.3 is 10.3 Å². The van der Waals surface area contributed by atoms with Crippen molar-refractivity contribution in [3.05, 3.63) is 84.1 Å². The Kier molecular flexibility index (Phi) is 5.23. The Balaban J connectivity index is 1.46. The van der Waals surface area contributed by atoms with Crippen LogP contribution in [0.25, 0.3) is 32.9 Å². The summed E-state index contributed by atoms with van der Waals surface area (Å²) in [6.45, 7) is 0.854. The molecule has 1 aromatic carbocycles. The molecule has 0 fully saturated rings. The number of thiophene rings is 1. The lowest BCUT2D eigenvalue weighted by Gasteiger charge is -2.10. The highest BCUT2D eigenvalue weighted by atomic mass is 32.1. The summed E-state index contributed by atoms with van der Waals surface area (Å²) in [6.07, 6.45) is 7.56. The van der Waals surface area contributed by atoms with Crippen LogP contribution in [0.5, 0.6) is 0 Å². The van der Waals surface area contributed by atoms with Gasteiger partial charge in [-0.25, -0.2) is 9.97 Å². The van der Waals surface area contributed by atoms with Crippen LogP contribution in [-0.2, 0) is 6.42 Å². The van der Waals surface area contributed by atoms with Crippen molar-refractivity contribution < 1.29 is 0 Å². The first kappa shape index (κ1) is 18.5. The van der Waals surface area contributed by atoms with Gasteiger partial charge in [-0.05, 0) is 42.7 Å². The second-order valence-corrected chi connectivity index (χ2v) is 7.94. The maximum Gasteiger partial charge on any atom is 0.162 e. The van der Waals surface area contributed by atoms with Crippen molar-refractivity contribution in [3.63, 3.8) is 0 Å². The summed E-state index contributed by atoms with van der Waals surface area (Å²) in [5, 5.41) is 5.71. The predicted molar refractivity (Wildman–Crippen MR) is 124 cm³/mol. The molecule has 0 unspecified atom stereocenters. The van der Waals surface area contributed by atoms with Crippen molar-refractivity contribution >= 4 is 27.4 Å². The van der Waals surface area contributed by atoms with E-state index in [2.05, 4.69) is 57.1 Å². The van der Waals surface area contributed by atoms with Gasteiger partial charge in [0.05, 0.1) is 10.2 Å². The number of rotatable bonds is 7. The predicted octanol–water partition coefficient (Wildman–Crippen LogP) is 5.79. The van der Waals surface area contributed by atoms with Gasteiger partial charge in [-0.3, -0.25) is 4.98 Å². The standard InChI is InChI=1S/C24H21N5S/c1-2-6-17(7-3-1)8-4-13-27-24-22-21(19(16-30-22)20-9-5-12-26-20)28-23(29-24)18-10-14-25-15-11-18/h1-3,5-7,9-12,14-16,26H,4,8,13H2,(H,27,28,29). The zero-order valence-electron chi connectivity index (χ0n) is 16.4. The number of nitrogens with one attached hydrogen (secondary N) is 2. The lowest BCUT2D eigenvalue weighted by atomic mass is 10.1. The molecule has 0 radical (unpaired) electrons.